The normalized spacial score (nSPS) is 12.7. The average Bonchev–Trinajstić information content (AvgIpc) is 2.95. The number of nitrogens with zero attached hydrogens (tertiary/aromatic N) is 2. The number of hydrogen-bond donors (Lipinski definition) is 1. The maximum absolute atomic E-state index is 14.1. The number of hydrogen-bond acceptors (Lipinski definition) is 5. The minimum Gasteiger partial charge on any atom is -0.492 e. The first-order valence-electron chi connectivity index (χ1n) is 13.6. The van der Waals surface area contributed by atoms with Gasteiger partial charge in [0.05, 0.1) is 17.2 Å². The number of sulfonamides is 1. The Morgan fingerprint density at radius 3 is 2.22 bits per heavy atom. The second kappa shape index (κ2) is 14.4. The predicted molar refractivity (Wildman–Crippen MR) is 163 cm³/mol. The summed E-state index contributed by atoms with van der Waals surface area (Å²) in [7, 11) is -4.24. The lowest BCUT2D eigenvalue weighted by Crippen LogP contribution is -2.52. The van der Waals surface area contributed by atoms with E-state index >= 15 is 0 Å². The third-order valence-corrected chi connectivity index (χ3v) is 8.91. The van der Waals surface area contributed by atoms with Gasteiger partial charge in [0.25, 0.3) is 10.0 Å². The second-order valence-corrected chi connectivity index (χ2v) is 12.1. The van der Waals surface area contributed by atoms with E-state index in [1.165, 1.54) is 29.2 Å². The van der Waals surface area contributed by atoms with Gasteiger partial charge in [0.1, 0.15) is 18.3 Å². The highest BCUT2D eigenvalue weighted by Gasteiger charge is 2.34. The molecule has 0 unspecified atom stereocenters. The molecule has 3 aromatic carbocycles. The van der Waals surface area contributed by atoms with Crippen molar-refractivity contribution >= 4 is 39.1 Å². The van der Waals surface area contributed by atoms with Crippen LogP contribution in [0.2, 0.25) is 5.02 Å². The highest BCUT2D eigenvalue weighted by molar-refractivity contribution is 7.92. The first kappa shape index (κ1) is 32.0. The van der Waals surface area contributed by atoms with Gasteiger partial charge in [-0.05, 0) is 81.6 Å². The lowest BCUT2D eigenvalue weighted by Gasteiger charge is -2.33. The Morgan fingerprint density at radius 1 is 0.951 bits per heavy atom. The molecule has 10 heteroatoms. The summed E-state index contributed by atoms with van der Waals surface area (Å²) in [6.45, 7) is 9.10. The van der Waals surface area contributed by atoms with Gasteiger partial charge in [-0.1, -0.05) is 54.9 Å². The van der Waals surface area contributed by atoms with E-state index in [9.17, 15) is 18.0 Å². The minimum atomic E-state index is -4.24. The van der Waals surface area contributed by atoms with Gasteiger partial charge in [-0.2, -0.15) is 0 Å². The summed E-state index contributed by atoms with van der Waals surface area (Å²) in [5.74, 6) is -0.541. The smallest absolute Gasteiger partial charge is 0.264 e. The quantitative estimate of drug-likeness (QED) is 0.277. The van der Waals surface area contributed by atoms with E-state index in [-0.39, 0.29) is 29.1 Å². The lowest BCUT2D eigenvalue weighted by atomic mass is 10.1. The number of carbonyl (C=O) groups excluding carboxylic acids is 2. The zero-order valence-corrected chi connectivity index (χ0v) is 25.7. The molecule has 2 atom stereocenters. The Kier molecular flexibility index (Phi) is 11.2. The summed E-state index contributed by atoms with van der Waals surface area (Å²) in [6, 6.07) is 19.0. The van der Waals surface area contributed by atoms with E-state index in [2.05, 4.69) is 5.32 Å². The van der Waals surface area contributed by atoms with Crippen LogP contribution in [0.4, 0.5) is 5.69 Å². The number of rotatable bonds is 13. The molecule has 2 amide bonds. The van der Waals surface area contributed by atoms with Gasteiger partial charge in [0.15, 0.2) is 0 Å². The summed E-state index contributed by atoms with van der Waals surface area (Å²) >= 11 is 6.02. The molecule has 0 aromatic heterocycles. The van der Waals surface area contributed by atoms with Crippen molar-refractivity contribution in [2.75, 3.05) is 17.5 Å². The van der Waals surface area contributed by atoms with E-state index in [1.54, 1.807) is 38.1 Å². The monoisotopic (exact) mass is 599 g/mol. The van der Waals surface area contributed by atoms with Crippen LogP contribution >= 0.6 is 11.6 Å². The molecule has 1 N–H and O–H groups in total. The van der Waals surface area contributed by atoms with Gasteiger partial charge in [-0.3, -0.25) is 13.9 Å². The molecular formula is C31H38ClN3O5S. The van der Waals surface area contributed by atoms with Gasteiger partial charge >= 0.3 is 0 Å². The third-order valence-electron chi connectivity index (χ3n) is 6.88. The largest absolute Gasteiger partial charge is 0.492 e. The fourth-order valence-corrected chi connectivity index (χ4v) is 5.76. The standard InChI is InChI=1S/C31H38ClN3O5S/c1-6-23(4)33-31(37)24(5)34(20-25-13-9-8-12-22(25)3)30(36)21-35(28-14-10-11-15-29(28)40-7-2)41(38,39)27-18-16-26(32)17-19-27/h8-19,23-24H,6-7,20-21H2,1-5H3,(H,33,37)/t23-,24+/m1/s1. The Balaban J connectivity index is 2.09. The number of halogens is 1. The van der Waals surface area contributed by atoms with Crippen molar-refractivity contribution in [3.8, 4) is 5.75 Å². The molecule has 41 heavy (non-hydrogen) atoms. The van der Waals surface area contributed by atoms with E-state index in [0.29, 0.717) is 17.4 Å². The van der Waals surface area contributed by atoms with Crippen molar-refractivity contribution in [3.63, 3.8) is 0 Å². The molecule has 0 radical (unpaired) electrons. The highest BCUT2D eigenvalue weighted by Crippen LogP contribution is 2.33. The van der Waals surface area contributed by atoms with Gasteiger partial charge in [-0.15, -0.1) is 0 Å². The first-order valence-corrected chi connectivity index (χ1v) is 15.5. The zero-order valence-electron chi connectivity index (χ0n) is 24.1. The number of carbonyl (C=O) groups is 2. The number of amides is 2. The Bertz CT molecular complexity index is 1450. The molecule has 0 aliphatic carbocycles. The number of aryl methyl sites for hydroxylation is 1. The summed E-state index contributed by atoms with van der Waals surface area (Å²) in [5, 5.41) is 3.32. The van der Waals surface area contributed by atoms with Crippen LogP contribution in [0.1, 0.15) is 45.2 Å². The van der Waals surface area contributed by atoms with Gasteiger partial charge in [-0.25, -0.2) is 8.42 Å². The third kappa shape index (κ3) is 8.01. The number of anilines is 1. The van der Waals surface area contributed by atoms with Crippen molar-refractivity contribution in [2.24, 2.45) is 0 Å². The Morgan fingerprint density at radius 2 is 1.59 bits per heavy atom. The maximum Gasteiger partial charge on any atom is 0.264 e. The van der Waals surface area contributed by atoms with Crippen LogP contribution in [-0.4, -0.2) is 50.4 Å². The van der Waals surface area contributed by atoms with Crippen LogP contribution in [0.15, 0.2) is 77.7 Å². The van der Waals surface area contributed by atoms with E-state index in [1.807, 2.05) is 45.0 Å². The molecule has 0 heterocycles. The van der Waals surface area contributed by atoms with Gasteiger partial charge in [0, 0.05) is 17.6 Å². The summed E-state index contributed by atoms with van der Waals surface area (Å²) in [5.41, 5.74) is 2.02. The van der Waals surface area contributed by atoms with Crippen LogP contribution in [0.25, 0.3) is 0 Å². The van der Waals surface area contributed by atoms with Crippen molar-refractivity contribution in [1.82, 2.24) is 10.2 Å². The predicted octanol–water partition coefficient (Wildman–Crippen LogP) is 5.57. The summed E-state index contributed by atoms with van der Waals surface area (Å²) < 4.78 is 34.9. The van der Waals surface area contributed by atoms with Gasteiger partial charge in [0.2, 0.25) is 11.8 Å². The molecule has 220 valence electrons. The van der Waals surface area contributed by atoms with Crippen molar-refractivity contribution < 1.29 is 22.7 Å². The van der Waals surface area contributed by atoms with E-state index < -0.39 is 28.5 Å². The van der Waals surface area contributed by atoms with Crippen LogP contribution < -0.4 is 14.4 Å². The van der Waals surface area contributed by atoms with Crippen LogP contribution in [0.3, 0.4) is 0 Å². The fraction of sp³-hybridized carbons (Fsp3) is 0.355. The molecule has 0 saturated carbocycles. The molecule has 3 aromatic rings. The molecular weight excluding hydrogens is 562 g/mol. The molecule has 0 aliphatic rings. The molecule has 0 fully saturated rings. The Hall–Kier alpha value is -3.56. The molecule has 8 nitrogen and oxygen atoms in total. The first-order chi connectivity index (χ1) is 19.5. The average molecular weight is 600 g/mol. The topological polar surface area (TPSA) is 96.0 Å². The molecule has 0 aliphatic heterocycles. The van der Waals surface area contributed by atoms with Crippen LogP contribution in [0.5, 0.6) is 5.75 Å². The van der Waals surface area contributed by atoms with Gasteiger partial charge < -0.3 is 15.0 Å². The number of para-hydroxylation sites is 2. The lowest BCUT2D eigenvalue weighted by molar-refractivity contribution is -0.139. The van der Waals surface area contributed by atoms with E-state index in [0.717, 1.165) is 21.9 Å². The minimum absolute atomic E-state index is 0.0333. The number of benzene rings is 3. The molecule has 0 saturated heterocycles. The SMILES string of the molecule is CCOc1ccccc1N(CC(=O)N(Cc1ccccc1C)[C@@H](C)C(=O)N[C@H](C)CC)S(=O)(=O)c1ccc(Cl)cc1. The molecule has 0 bridgehead atoms. The van der Waals surface area contributed by atoms with E-state index in [4.69, 9.17) is 16.3 Å². The van der Waals surface area contributed by atoms with Crippen molar-refractivity contribution in [1.29, 1.82) is 0 Å². The summed E-state index contributed by atoms with van der Waals surface area (Å²) in [6.07, 6.45) is 0.728. The number of ether oxygens (including phenoxy) is 1. The fourth-order valence-electron chi connectivity index (χ4n) is 4.21. The van der Waals surface area contributed by atoms with Crippen molar-refractivity contribution in [2.45, 2.75) is 64.6 Å². The molecule has 3 rings (SSSR count). The van der Waals surface area contributed by atoms with Crippen LogP contribution in [0, 0.1) is 6.92 Å². The van der Waals surface area contributed by atoms with Crippen LogP contribution in [-0.2, 0) is 26.2 Å². The zero-order chi connectivity index (χ0) is 30.2. The Labute approximate surface area is 248 Å². The number of nitrogens with one attached hydrogen (secondary N) is 1. The highest BCUT2D eigenvalue weighted by atomic mass is 35.5. The van der Waals surface area contributed by atoms with Crippen molar-refractivity contribution in [3.05, 3.63) is 88.9 Å². The second-order valence-electron chi connectivity index (χ2n) is 9.81. The molecule has 0 spiro atoms. The summed E-state index contributed by atoms with van der Waals surface area (Å²) in [4.78, 5) is 28.7. The maximum atomic E-state index is 14.1.